The Kier molecular flexibility index (Phi) is 3.80. The Morgan fingerprint density at radius 1 is 1.26 bits per heavy atom. The normalized spacial score (nSPS) is 10.1. The lowest BCUT2D eigenvalue weighted by Crippen LogP contribution is -2.08. The van der Waals surface area contributed by atoms with Gasteiger partial charge in [-0.05, 0) is 26.0 Å². The summed E-state index contributed by atoms with van der Waals surface area (Å²) in [6, 6.07) is 7.48. The van der Waals surface area contributed by atoms with Crippen molar-refractivity contribution < 1.29 is 9.21 Å². The van der Waals surface area contributed by atoms with Gasteiger partial charge in [-0.3, -0.25) is 4.79 Å². The number of nitrogens with zero attached hydrogens (tertiary/aromatic N) is 1. The van der Waals surface area contributed by atoms with E-state index in [0.29, 0.717) is 5.89 Å². The molecule has 19 heavy (non-hydrogen) atoms. The highest BCUT2D eigenvalue weighted by Crippen LogP contribution is 2.20. The maximum Gasteiger partial charge on any atom is 0.248 e. The number of nitrogens with one attached hydrogen (secondary N) is 1. The van der Waals surface area contributed by atoms with E-state index in [1.165, 1.54) is 0 Å². The number of oxazole rings is 1. The zero-order valence-electron chi connectivity index (χ0n) is 11.2. The molecule has 0 saturated carbocycles. The fraction of sp³-hybridized carbons (Fsp3) is 0.200. The second-order valence-corrected chi connectivity index (χ2v) is 4.54. The quantitative estimate of drug-likeness (QED) is 0.854. The maximum atomic E-state index is 11.6. The molecule has 0 saturated heterocycles. The van der Waals surface area contributed by atoms with Gasteiger partial charge in [0.25, 0.3) is 0 Å². The molecule has 4 nitrogen and oxygen atoms in total. The van der Waals surface area contributed by atoms with Crippen molar-refractivity contribution in [3.63, 3.8) is 0 Å². The molecule has 0 unspecified atom stereocenters. The molecule has 1 aromatic heterocycles. The standard InChI is InChI=1S/C15H16N2O2/c1-10(2)8-15(18)17-13-6-4-12(5-7-13)14-9-19-11(3)16-14/h4-9H,1-3H3,(H,17,18). The van der Waals surface area contributed by atoms with E-state index < -0.39 is 0 Å². The highest BCUT2D eigenvalue weighted by molar-refractivity contribution is 5.99. The third-order valence-electron chi connectivity index (χ3n) is 2.49. The van der Waals surface area contributed by atoms with Gasteiger partial charge in [-0.25, -0.2) is 4.98 Å². The zero-order chi connectivity index (χ0) is 13.8. The number of aromatic nitrogens is 1. The first-order valence-electron chi connectivity index (χ1n) is 6.03. The second kappa shape index (κ2) is 5.52. The number of rotatable bonds is 3. The van der Waals surface area contributed by atoms with Crippen molar-refractivity contribution in [2.45, 2.75) is 20.8 Å². The van der Waals surface area contributed by atoms with Gasteiger partial charge in [0.15, 0.2) is 5.89 Å². The predicted molar refractivity (Wildman–Crippen MR) is 74.7 cm³/mol. The molecule has 0 atom stereocenters. The molecule has 1 heterocycles. The average Bonchev–Trinajstić information content (AvgIpc) is 2.75. The number of benzene rings is 1. The Hall–Kier alpha value is -2.36. The van der Waals surface area contributed by atoms with E-state index in [0.717, 1.165) is 22.5 Å². The lowest BCUT2D eigenvalue weighted by Gasteiger charge is -2.03. The molecule has 0 aliphatic heterocycles. The van der Waals surface area contributed by atoms with Crippen LogP contribution in [-0.2, 0) is 4.79 Å². The SMILES string of the molecule is CC(C)=CC(=O)Nc1ccc(-c2coc(C)n2)cc1. The molecular weight excluding hydrogens is 240 g/mol. The van der Waals surface area contributed by atoms with Gasteiger partial charge in [0.2, 0.25) is 5.91 Å². The van der Waals surface area contributed by atoms with Crippen LogP contribution >= 0.6 is 0 Å². The Balaban J connectivity index is 2.11. The van der Waals surface area contributed by atoms with E-state index in [2.05, 4.69) is 10.3 Å². The number of anilines is 1. The van der Waals surface area contributed by atoms with Crippen molar-refractivity contribution in [1.29, 1.82) is 0 Å². The molecule has 0 spiro atoms. The second-order valence-electron chi connectivity index (χ2n) is 4.54. The molecule has 0 fully saturated rings. The lowest BCUT2D eigenvalue weighted by atomic mass is 10.1. The highest BCUT2D eigenvalue weighted by atomic mass is 16.3. The number of hydrogen-bond acceptors (Lipinski definition) is 3. The van der Waals surface area contributed by atoms with Gasteiger partial charge in [-0.1, -0.05) is 17.7 Å². The molecule has 0 aliphatic carbocycles. The summed E-state index contributed by atoms with van der Waals surface area (Å²) in [5.74, 6) is 0.515. The zero-order valence-corrected chi connectivity index (χ0v) is 11.2. The molecular formula is C15H16N2O2. The Labute approximate surface area is 112 Å². The van der Waals surface area contributed by atoms with Gasteiger partial charge in [0.05, 0.1) is 0 Å². The van der Waals surface area contributed by atoms with Crippen LogP contribution in [0, 0.1) is 6.92 Å². The van der Waals surface area contributed by atoms with Crippen molar-refractivity contribution in [3.8, 4) is 11.3 Å². The molecule has 98 valence electrons. The van der Waals surface area contributed by atoms with Crippen LogP contribution in [0.15, 0.2) is 46.6 Å². The van der Waals surface area contributed by atoms with Gasteiger partial charge in [-0.15, -0.1) is 0 Å². The maximum absolute atomic E-state index is 11.6. The Morgan fingerprint density at radius 3 is 2.47 bits per heavy atom. The monoisotopic (exact) mass is 256 g/mol. The van der Waals surface area contributed by atoms with E-state index >= 15 is 0 Å². The first-order valence-corrected chi connectivity index (χ1v) is 6.03. The molecule has 0 radical (unpaired) electrons. The first kappa shape index (κ1) is 13.1. The fourth-order valence-electron chi connectivity index (χ4n) is 1.66. The minimum atomic E-state index is -0.120. The molecule has 2 rings (SSSR count). The van der Waals surface area contributed by atoms with Crippen molar-refractivity contribution >= 4 is 11.6 Å². The summed E-state index contributed by atoms with van der Waals surface area (Å²) in [7, 11) is 0. The number of allylic oxidation sites excluding steroid dienone is 1. The molecule has 2 aromatic rings. The van der Waals surface area contributed by atoms with Gasteiger partial charge in [0.1, 0.15) is 12.0 Å². The summed E-state index contributed by atoms with van der Waals surface area (Å²) < 4.78 is 5.17. The van der Waals surface area contributed by atoms with E-state index in [4.69, 9.17) is 4.42 Å². The molecule has 0 bridgehead atoms. The van der Waals surface area contributed by atoms with E-state index in [-0.39, 0.29) is 5.91 Å². The van der Waals surface area contributed by atoms with Crippen molar-refractivity contribution in [1.82, 2.24) is 4.98 Å². The third-order valence-corrected chi connectivity index (χ3v) is 2.49. The van der Waals surface area contributed by atoms with Crippen LogP contribution in [0.5, 0.6) is 0 Å². The van der Waals surface area contributed by atoms with Crippen LogP contribution in [0.25, 0.3) is 11.3 Å². The minimum Gasteiger partial charge on any atom is -0.449 e. The Morgan fingerprint density at radius 2 is 1.95 bits per heavy atom. The summed E-state index contributed by atoms with van der Waals surface area (Å²) in [6.45, 7) is 5.57. The summed E-state index contributed by atoms with van der Waals surface area (Å²) in [5, 5.41) is 2.80. The molecule has 1 N–H and O–H groups in total. The highest BCUT2D eigenvalue weighted by Gasteiger charge is 2.04. The van der Waals surface area contributed by atoms with Gasteiger partial charge in [-0.2, -0.15) is 0 Å². The van der Waals surface area contributed by atoms with Crippen LogP contribution in [0.2, 0.25) is 0 Å². The smallest absolute Gasteiger partial charge is 0.248 e. The summed E-state index contributed by atoms with van der Waals surface area (Å²) in [5.41, 5.74) is 3.47. The fourth-order valence-corrected chi connectivity index (χ4v) is 1.66. The van der Waals surface area contributed by atoms with Gasteiger partial charge >= 0.3 is 0 Å². The molecule has 0 aliphatic rings. The summed E-state index contributed by atoms with van der Waals surface area (Å²) >= 11 is 0. The summed E-state index contributed by atoms with van der Waals surface area (Å²) in [4.78, 5) is 15.8. The Bertz CT molecular complexity index is 605. The van der Waals surface area contributed by atoms with Crippen molar-refractivity contribution in [2.75, 3.05) is 5.32 Å². The van der Waals surface area contributed by atoms with Crippen molar-refractivity contribution in [2.24, 2.45) is 0 Å². The van der Waals surface area contributed by atoms with Crippen LogP contribution in [-0.4, -0.2) is 10.9 Å². The number of hydrogen-bond donors (Lipinski definition) is 1. The summed E-state index contributed by atoms with van der Waals surface area (Å²) in [6.07, 6.45) is 3.18. The number of carbonyl (C=O) groups is 1. The number of aryl methyl sites for hydroxylation is 1. The van der Waals surface area contributed by atoms with Crippen LogP contribution in [0.4, 0.5) is 5.69 Å². The number of carbonyl (C=O) groups excluding carboxylic acids is 1. The van der Waals surface area contributed by atoms with Crippen molar-refractivity contribution in [3.05, 3.63) is 48.1 Å². The molecule has 1 amide bonds. The van der Waals surface area contributed by atoms with Gasteiger partial charge in [0, 0.05) is 24.3 Å². The predicted octanol–water partition coefficient (Wildman–Crippen LogP) is 3.55. The molecule has 1 aromatic carbocycles. The largest absolute Gasteiger partial charge is 0.449 e. The minimum absolute atomic E-state index is 0.120. The first-order chi connectivity index (χ1) is 9.04. The van der Waals surface area contributed by atoms with E-state index in [1.807, 2.05) is 38.1 Å². The topological polar surface area (TPSA) is 55.1 Å². The van der Waals surface area contributed by atoms with Crippen LogP contribution in [0.1, 0.15) is 19.7 Å². The van der Waals surface area contributed by atoms with Crippen LogP contribution < -0.4 is 5.32 Å². The molecule has 4 heteroatoms. The van der Waals surface area contributed by atoms with E-state index in [9.17, 15) is 4.79 Å². The van der Waals surface area contributed by atoms with Crippen LogP contribution in [0.3, 0.4) is 0 Å². The van der Waals surface area contributed by atoms with E-state index in [1.54, 1.807) is 19.3 Å². The average molecular weight is 256 g/mol. The van der Waals surface area contributed by atoms with Gasteiger partial charge < -0.3 is 9.73 Å². The number of amides is 1. The third kappa shape index (κ3) is 3.55. The lowest BCUT2D eigenvalue weighted by molar-refractivity contribution is -0.111.